The Balaban J connectivity index is 2.06. The molecule has 2 aromatic rings. The van der Waals surface area contributed by atoms with Gasteiger partial charge in [0, 0.05) is 17.4 Å². The van der Waals surface area contributed by atoms with Gasteiger partial charge < -0.3 is 5.32 Å². The fourth-order valence-electron chi connectivity index (χ4n) is 2.50. The van der Waals surface area contributed by atoms with Crippen LogP contribution in [-0.2, 0) is 0 Å². The molecule has 24 heavy (non-hydrogen) atoms. The summed E-state index contributed by atoms with van der Waals surface area (Å²) in [6, 6.07) is 10.0. The predicted molar refractivity (Wildman–Crippen MR) is 93.5 cm³/mol. The van der Waals surface area contributed by atoms with Gasteiger partial charge in [0.2, 0.25) is 11.6 Å². The average molecular weight is 338 g/mol. The summed E-state index contributed by atoms with van der Waals surface area (Å²) in [5.41, 5.74) is 1.79. The second kappa shape index (κ2) is 6.41. The van der Waals surface area contributed by atoms with Crippen molar-refractivity contribution in [3.05, 3.63) is 70.0 Å². The first-order valence-corrected chi connectivity index (χ1v) is 8.46. The molecule has 1 aromatic heterocycles. The summed E-state index contributed by atoms with van der Waals surface area (Å²) in [6.45, 7) is 1.48. The summed E-state index contributed by atoms with van der Waals surface area (Å²) >= 11 is 1.20. The van der Waals surface area contributed by atoms with Gasteiger partial charge in [0.15, 0.2) is 5.78 Å². The molecular weight excluding hydrogens is 324 g/mol. The number of Topliss-reactive ketones (excluding diaryl/α,β-unsaturated/α-hetero) is 3. The molecule has 1 aliphatic carbocycles. The van der Waals surface area contributed by atoms with Gasteiger partial charge in [-0.15, -0.1) is 11.8 Å². The maximum absolute atomic E-state index is 12.8. The zero-order valence-corrected chi connectivity index (χ0v) is 13.9. The first kappa shape index (κ1) is 16.1. The molecule has 1 N–H and O–H groups in total. The molecule has 5 nitrogen and oxygen atoms in total. The first-order valence-electron chi connectivity index (χ1n) is 7.23. The predicted octanol–water partition coefficient (Wildman–Crippen LogP) is 3.35. The van der Waals surface area contributed by atoms with Gasteiger partial charge >= 0.3 is 0 Å². The van der Waals surface area contributed by atoms with E-state index in [4.69, 9.17) is 0 Å². The zero-order chi connectivity index (χ0) is 17.3. The molecule has 0 fully saturated rings. The van der Waals surface area contributed by atoms with Crippen LogP contribution < -0.4 is 5.32 Å². The van der Waals surface area contributed by atoms with Crippen molar-refractivity contribution < 1.29 is 14.4 Å². The van der Waals surface area contributed by atoms with Crippen molar-refractivity contribution >= 4 is 34.8 Å². The number of anilines is 1. The van der Waals surface area contributed by atoms with E-state index < -0.39 is 0 Å². The van der Waals surface area contributed by atoms with E-state index in [1.807, 2.05) is 0 Å². The Labute approximate surface area is 143 Å². The lowest BCUT2D eigenvalue weighted by atomic mass is 9.96. The molecule has 6 heteroatoms. The number of rotatable bonds is 4. The molecular formula is C18H14N2O3S. The molecule has 120 valence electrons. The topological polar surface area (TPSA) is 76.1 Å². The number of thioether (sulfide) groups is 1. The molecule has 3 rings (SSSR count). The largest absolute Gasteiger partial charge is 0.351 e. The van der Waals surface area contributed by atoms with Gasteiger partial charge in [0.25, 0.3) is 0 Å². The maximum atomic E-state index is 12.8. The number of pyridine rings is 1. The quantitative estimate of drug-likeness (QED) is 0.862. The maximum Gasteiger partial charge on any atom is 0.220 e. The number of nitrogens with one attached hydrogen (secondary N) is 1. The Morgan fingerprint density at radius 3 is 2.62 bits per heavy atom. The van der Waals surface area contributed by atoms with Crippen LogP contribution >= 0.6 is 11.8 Å². The summed E-state index contributed by atoms with van der Waals surface area (Å²) < 4.78 is 0. The summed E-state index contributed by atoms with van der Waals surface area (Å²) in [5, 5.41) is 3.01. The van der Waals surface area contributed by atoms with E-state index in [2.05, 4.69) is 10.3 Å². The number of fused-ring (bicyclic) bond motifs is 1. The number of nitrogens with zero attached hydrogens (tertiary/aromatic N) is 1. The molecule has 0 bridgehead atoms. The van der Waals surface area contributed by atoms with Gasteiger partial charge in [-0.1, -0.05) is 12.1 Å². The van der Waals surface area contributed by atoms with Gasteiger partial charge in [0.1, 0.15) is 11.4 Å². The Morgan fingerprint density at radius 1 is 1.12 bits per heavy atom. The summed E-state index contributed by atoms with van der Waals surface area (Å²) in [5.74, 6) is -0.628. The second-order valence-corrected chi connectivity index (χ2v) is 6.04. The molecule has 0 spiro atoms. The molecule has 1 aliphatic rings. The molecule has 0 aliphatic heterocycles. The minimum absolute atomic E-state index is 0.0710. The first-order chi connectivity index (χ1) is 11.5. The van der Waals surface area contributed by atoms with Crippen LogP contribution in [0, 0.1) is 0 Å². The third-order valence-electron chi connectivity index (χ3n) is 3.67. The van der Waals surface area contributed by atoms with Crippen molar-refractivity contribution in [2.24, 2.45) is 0 Å². The fourth-order valence-corrected chi connectivity index (χ4v) is 3.13. The second-order valence-electron chi connectivity index (χ2n) is 5.23. The van der Waals surface area contributed by atoms with E-state index in [1.54, 1.807) is 42.7 Å². The molecule has 0 atom stereocenters. The molecule has 0 saturated heterocycles. The monoisotopic (exact) mass is 338 g/mol. The number of carbonyl (C=O) groups excluding carboxylic acids is 3. The molecule has 1 aromatic carbocycles. The van der Waals surface area contributed by atoms with Crippen LogP contribution in [-0.4, -0.2) is 28.6 Å². The van der Waals surface area contributed by atoms with Crippen LogP contribution in [0.2, 0.25) is 0 Å². The third-order valence-corrected chi connectivity index (χ3v) is 4.47. The van der Waals surface area contributed by atoms with Crippen LogP contribution in [0.25, 0.3) is 0 Å². The van der Waals surface area contributed by atoms with Crippen molar-refractivity contribution in [1.82, 2.24) is 4.98 Å². The molecule has 1 heterocycles. The van der Waals surface area contributed by atoms with Gasteiger partial charge in [0.05, 0.1) is 10.5 Å². The van der Waals surface area contributed by atoms with E-state index in [0.29, 0.717) is 16.2 Å². The van der Waals surface area contributed by atoms with Crippen molar-refractivity contribution in [2.45, 2.75) is 6.92 Å². The van der Waals surface area contributed by atoms with Crippen molar-refractivity contribution in [3.8, 4) is 0 Å². The summed E-state index contributed by atoms with van der Waals surface area (Å²) in [7, 11) is 0. The van der Waals surface area contributed by atoms with Crippen LogP contribution in [0.1, 0.15) is 38.1 Å². The molecule has 0 unspecified atom stereocenters. The van der Waals surface area contributed by atoms with E-state index in [9.17, 15) is 14.4 Å². The highest BCUT2D eigenvalue weighted by atomic mass is 32.2. The molecule has 0 radical (unpaired) electrons. The molecule has 0 amide bonds. The molecule has 0 saturated carbocycles. The van der Waals surface area contributed by atoms with Crippen LogP contribution in [0.4, 0.5) is 5.69 Å². The fraction of sp³-hybridized carbons (Fsp3) is 0.111. The van der Waals surface area contributed by atoms with E-state index in [1.165, 1.54) is 24.9 Å². The van der Waals surface area contributed by atoms with Crippen LogP contribution in [0.15, 0.2) is 53.2 Å². The lowest BCUT2D eigenvalue weighted by Gasteiger charge is -2.20. The van der Waals surface area contributed by atoms with Gasteiger partial charge in [-0.3, -0.25) is 19.4 Å². The Kier molecular flexibility index (Phi) is 4.31. The summed E-state index contributed by atoms with van der Waals surface area (Å²) in [4.78, 5) is 41.2. The number of allylic oxidation sites excluding steroid dienone is 2. The highest BCUT2D eigenvalue weighted by Crippen LogP contribution is 2.31. The Bertz CT molecular complexity index is 903. The SMILES string of the molecule is CSC1=C(Nc2cccc(C(C)=O)c2)C(=O)c2cccnc2C1=O. The third kappa shape index (κ3) is 2.76. The highest BCUT2D eigenvalue weighted by Gasteiger charge is 2.33. The van der Waals surface area contributed by atoms with Crippen molar-refractivity contribution in [3.63, 3.8) is 0 Å². The van der Waals surface area contributed by atoms with Gasteiger partial charge in [-0.25, -0.2) is 0 Å². The number of ketones is 3. The van der Waals surface area contributed by atoms with E-state index in [-0.39, 0.29) is 34.3 Å². The number of hydrogen-bond donors (Lipinski definition) is 1. The lowest BCUT2D eigenvalue weighted by molar-refractivity contribution is 0.0979. The standard InChI is InChI=1S/C18H14N2O3S/c1-10(21)11-5-3-6-12(9-11)20-15-16(22)13-7-4-8-19-14(13)17(23)18(15)24-2/h3-9,20H,1-2H3. The van der Waals surface area contributed by atoms with Crippen LogP contribution in [0.3, 0.4) is 0 Å². The summed E-state index contributed by atoms with van der Waals surface area (Å²) in [6.07, 6.45) is 3.23. The van der Waals surface area contributed by atoms with Gasteiger partial charge in [-0.05, 0) is 37.4 Å². The number of benzene rings is 1. The Morgan fingerprint density at radius 2 is 1.92 bits per heavy atom. The number of carbonyl (C=O) groups is 3. The van der Waals surface area contributed by atoms with E-state index in [0.717, 1.165) is 0 Å². The van der Waals surface area contributed by atoms with Gasteiger partial charge in [-0.2, -0.15) is 0 Å². The number of aromatic nitrogens is 1. The minimum atomic E-state index is -0.282. The number of hydrogen-bond acceptors (Lipinski definition) is 6. The van der Waals surface area contributed by atoms with E-state index >= 15 is 0 Å². The Hall–Kier alpha value is -2.73. The van der Waals surface area contributed by atoms with Crippen LogP contribution in [0.5, 0.6) is 0 Å². The minimum Gasteiger partial charge on any atom is -0.351 e. The smallest absolute Gasteiger partial charge is 0.220 e. The highest BCUT2D eigenvalue weighted by molar-refractivity contribution is 8.03. The normalized spacial score (nSPS) is 13.8. The zero-order valence-electron chi connectivity index (χ0n) is 13.1. The average Bonchev–Trinajstić information content (AvgIpc) is 2.60. The lowest BCUT2D eigenvalue weighted by Crippen LogP contribution is -2.26. The van der Waals surface area contributed by atoms with Crippen molar-refractivity contribution in [1.29, 1.82) is 0 Å². The van der Waals surface area contributed by atoms with Crippen molar-refractivity contribution in [2.75, 3.05) is 11.6 Å².